The monoisotopic (exact) mass is 246 g/mol. The minimum absolute atomic E-state index is 0. The molecule has 16 heavy (non-hydrogen) atoms. The molecule has 0 fully saturated rings. The molecule has 0 atom stereocenters. The van der Waals surface area contributed by atoms with Crippen LogP contribution in [0.15, 0.2) is 24.3 Å². The molecular formula is C11H16ClFN2O. The van der Waals surface area contributed by atoms with Crippen LogP contribution < -0.4 is 10.6 Å². The van der Waals surface area contributed by atoms with Gasteiger partial charge in [0.2, 0.25) is 5.91 Å². The summed E-state index contributed by atoms with van der Waals surface area (Å²) in [6.07, 6.45) is 1.09. The molecule has 0 aromatic heterocycles. The molecule has 1 aromatic carbocycles. The molecule has 0 saturated carbocycles. The van der Waals surface area contributed by atoms with Gasteiger partial charge < -0.3 is 10.6 Å². The lowest BCUT2D eigenvalue weighted by Gasteiger charge is -2.16. The Morgan fingerprint density at radius 1 is 1.38 bits per heavy atom. The fourth-order valence-corrected chi connectivity index (χ4v) is 1.23. The van der Waals surface area contributed by atoms with Crippen molar-refractivity contribution in [1.82, 2.24) is 0 Å². The molecule has 0 saturated heterocycles. The van der Waals surface area contributed by atoms with Crippen molar-refractivity contribution in [3.63, 3.8) is 0 Å². The first-order valence-electron chi connectivity index (χ1n) is 4.87. The Bertz CT molecular complexity index is 329. The average Bonchev–Trinajstić information content (AvgIpc) is 2.26. The standard InChI is InChI=1S/C11H15FN2O.ClH/c1-14(11(15)3-2-8-13)10-6-4-9(12)5-7-10;/h4-7H,2-3,8,13H2,1H3;1H. The molecule has 0 radical (unpaired) electrons. The first kappa shape index (κ1) is 14.9. The molecule has 1 amide bonds. The fraction of sp³-hybridized carbons (Fsp3) is 0.364. The van der Waals surface area contributed by atoms with Crippen LogP contribution in [-0.2, 0) is 4.79 Å². The first-order valence-corrected chi connectivity index (χ1v) is 4.87. The molecule has 3 nitrogen and oxygen atoms in total. The van der Waals surface area contributed by atoms with Gasteiger partial charge in [-0.3, -0.25) is 4.79 Å². The predicted octanol–water partition coefficient (Wildman–Crippen LogP) is 1.95. The zero-order chi connectivity index (χ0) is 11.3. The van der Waals surface area contributed by atoms with E-state index in [0.29, 0.717) is 25.1 Å². The van der Waals surface area contributed by atoms with Crippen LogP contribution in [0.4, 0.5) is 10.1 Å². The highest BCUT2D eigenvalue weighted by atomic mass is 35.5. The van der Waals surface area contributed by atoms with Crippen LogP contribution in [0.2, 0.25) is 0 Å². The summed E-state index contributed by atoms with van der Waals surface area (Å²) in [5.74, 6) is -0.311. The van der Waals surface area contributed by atoms with E-state index < -0.39 is 0 Å². The van der Waals surface area contributed by atoms with E-state index in [1.54, 1.807) is 19.2 Å². The van der Waals surface area contributed by atoms with E-state index >= 15 is 0 Å². The summed E-state index contributed by atoms with van der Waals surface area (Å²) < 4.78 is 12.6. The molecule has 0 spiro atoms. The highest BCUT2D eigenvalue weighted by molar-refractivity contribution is 5.92. The van der Waals surface area contributed by atoms with Crippen molar-refractivity contribution in [2.24, 2.45) is 5.73 Å². The molecule has 0 aliphatic carbocycles. The number of nitrogens with two attached hydrogens (primary N) is 1. The summed E-state index contributed by atoms with van der Waals surface area (Å²) in [5, 5.41) is 0. The summed E-state index contributed by atoms with van der Waals surface area (Å²) in [6, 6.07) is 5.83. The molecular weight excluding hydrogens is 231 g/mol. The summed E-state index contributed by atoms with van der Waals surface area (Å²) in [4.78, 5) is 13.1. The second-order valence-electron chi connectivity index (χ2n) is 3.32. The highest BCUT2D eigenvalue weighted by Crippen LogP contribution is 2.14. The van der Waals surface area contributed by atoms with E-state index in [9.17, 15) is 9.18 Å². The number of hydrogen-bond donors (Lipinski definition) is 1. The van der Waals surface area contributed by atoms with Gasteiger partial charge in [-0.05, 0) is 37.2 Å². The molecule has 90 valence electrons. The number of amides is 1. The zero-order valence-corrected chi connectivity index (χ0v) is 9.97. The smallest absolute Gasteiger partial charge is 0.226 e. The second kappa shape index (κ2) is 7.19. The number of carbonyl (C=O) groups is 1. The Kier molecular flexibility index (Phi) is 6.69. The fourth-order valence-electron chi connectivity index (χ4n) is 1.23. The highest BCUT2D eigenvalue weighted by Gasteiger charge is 2.09. The molecule has 1 aromatic rings. The first-order chi connectivity index (χ1) is 7.15. The van der Waals surface area contributed by atoms with E-state index in [1.807, 2.05) is 0 Å². The van der Waals surface area contributed by atoms with E-state index in [4.69, 9.17) is 5.73 Å². The van der Waals surface area contributed by atoms with Gasteiger partial charge in [0.25, 0.3) is 0 Å². The molecule has 2 N–H and O–H groups in total. The molecule has 1 rings (SSSR count). The molecule has 0 aliphatic rings. The van der Waals surface area contributed by atoms with Gasteiger partial charge in [-0.2, -0.15) is 0 Å². The number of benzene rings is 1. The van der Waals surface area contributed by atoms with Gasteiger partial charge in [0, 0.05) is 19.2 Å². The number of rotatable bonds is 4. The SMILES string of the molecule is CN(C(=O)CCCN)c1ccc(F)cc1.Cl. The molecule has 0 bridgehead atoms. The second-order valence-corrected chi connectivity index (χ2v) is 3.32. The van der Waals surface area contributed by atoms with E-state index in [-0.39, 0.29) is 24.1 Å². The van der Waals surface area contributed by atoms with Crippen molar-refractivity contribution in [2.45, 2.75) is 12.8 Å². The Morgan fingerprint density at radius 3 is 2.44 bits per heavy atom. The Hall–Kier alpha value is -1.13. The van der Waals surface area contributed by atoms with Crippen LogP contribution in [0, 0.1) is 5.82 Å². The van der Waals surface area contributed by atoms with Gasteiger partial charge in [-0.15, -0.1) is 12.4 Å². The van der Waals surface area contributed by atoms with Crippen molar-refractivity contribution in [1.29, 1.82) is 0 Å². The molecule has 0 unspecified atom stereocenters. The maximum atomic E-state index is 12.6. The van der Waals surface area contributed by atoms with E-state index in [0.717, 1.165) is 0 Å². The van der Waals surface area contributed by atoms with Gasteiger partial charge in [0.1, 0.15) is 5.82 Å². The van der Waals surface area contributed by atoms with Crippen LogP contribution >= 0.6 is 12.4 Å². The summed E-state index contributed by atoms with van der Waals surface area (Å²) in [6.45, 7) is 0.503. The van der Waals surface area contributed by atoms with E-state index in [2.05, 4.69) is 0 Å². The average molecular weight is 247 g/mol. The number of carbonyl (C=O) groups excluding carboxylic acids is 1. The Morgan fingerprint density at radius 2 is 1.94 bits per heavy atom. The van der Waals surface area contributed by atoms with Crippen molar-refractivity contribution in [3.05, 3.63) is 30.1 Å². The summed E-state index contributed by atoms with van der Waals surface area (Å²) in [7, 11) is 1.67. The minimum Gasteiger partial charge on any atom is -0.330 e. The third-order valence-electron chi connectivity index (χ3n) is 2.18. The zero-order valence-electron chi connectivity index (χ0n) is 9.15. The van der Waals surface area contributed by atoms with Crippen LogP contribution in [0.1, 0.15) is 12.8 Å². The lowest BCUT2D eigenvalue weighted by Crippen LogP contribution is -2.26. The van der Waals surface area contributed by atoms with Crippen LogP contribution in [-0.4, -0.2) is 19.5 Å². The third kappa shape index (κ3) is 4.16. The largest absolute Gasteiger partial charge is 0.330 e. The molecule has 5 heteroatoms. The van der Waals surface area contributed by atoms with Crippen LogP contribution in [0.25, 0.3) is 0 Å². The topological polar surface area (TPSA) is 46.3 Å². The van der Waals surface area contributed by atoms with Crippen molar-refractivity contribution < 1.29 is 9.18 Å². The minimum atomic E-state index is -0.304. The predicted molar refractivity (Wildman–Crippen MR) is 65.3 cm³/mol. The Balaban J connectivity index is 0.00000225. The van der Waals surface area contributed by atoms with Gasteiger partial charge in [0.05, 0.1) is 0 Å². The quantitative estimate of drug-likeness (QED) is 0.883. The number of nitrogens with zero attached hydrogens (tertiary/aromatic N) is 1. The number of hydrogen-bond acceptors (Lipinski definition) is 2. The Labute approximate surface area is 101 Å². The van der Waals surface area contributed by atoms with Gasteiger partial charge in [0.15, 0.2) is 0 Å². The van der Waals surface area contributed by atoms with Gasteiger partial charge >= 0.3 is 0 Å². The van der Waals surface area contributed by atoms with Crippen molar-refractivity contribution in [2.75, 3.05) is 18.5 Å². The maximum absolute atomic E-state index is 12.6. The van der Waals surface area contributed by atoms with Gasteiger partial charge in [-0.25, -0.2) is 4.39 Å². The maximum Gasteiger partial charge on any atom is 0.226 e. The summed E-state index contributed by atoms with van der Waals surface area (Å²) in [5.41, 5.74) is 6.01. The number of anilines is 1. The summed E-state index contributed by atoms with van der Waals surface area (Å²) >= 11 is 0. The molecule has 0 aliphatic heterocycles. The van der Waals surface area contributed by atoms with Crippen LogP contribution in [0.3, 0.4) is 0 Å². The lowest BCUT2D eigenvalue weighted by molar-refractivity contribution is -0.118. The lowest BCUT2D eigenvalue weighted by atomic mass is 10.2. The molecule has 0 heterocycles. The van der Waals surface area contributed by atoms with Crippen molar-refractivity contribution >= 4 is 24.0 Å². The number of halogens is 2. The normalized spacial score (nSPS) is 9.44. The van der Waals surface area contributed by atoms with E-state index in [1.165, 1.54) is 17.0 Å². The van der Waals surface area contributed by atoms with Crippen molar-refractivity contribution in [3.8, 4) is 0 Å². The van der Waals surface area contributed by atoms with Crippen LogP contribution in [0.5, 0.6) is 0 Å². The van der Waals surface area contributed by atoms with Gasteiger partial charge in [-0.1, -0.05) is 0 Å². The third-order valence-corrected chi connectivity index (χ3v) is 2.18.